The monoisotopic (exact) mass is 325 g/mol. The van der Waals surface area contributed by atoms with Gasteiger partial charge in [0.1, 0.15) is 0 Å². The van der Waals surface area contributed by atoms with Crippen LogP contribution in [0.2, 0.25) is 0 Å². The van der Waals surface area contributed by atoms with E-state index < -0.39 is 16.1 Å². The van der Waals surface area contributed by atoms with Crippen molar-refractivity contribution in [2.75, 3.05) is 6.54 Å². The second kappa shape index (κ2) is 6.70. The highest BCUT2D eigenvalue weighted by molar-refractivity contribution is 7.89. The molecule has 21 heavy (non-hydrogen) atoms. The summed E-state index contributed by atoms with van der Waals surface area (Å²) in [5, 5.41) is 9.96. The highest BCUT2D eigenvalue weighted by Gasteiger charge is 2.20. The molecule has 2 N–H and O–H groups in total. The molecule has 1 unspecified atom stereocenters. The van der Waals surface area contributed by atoms with E-state index in [9.17, 15) is 13.5 Å². The number of hydrogen-bond donors (Lipinski definition) is 2. The quantitative estimate of drug-likeness (QED) is 0.856. The van der Waals surface area contributed by atoms with Crippen molar-refractivity contribution in [3.63, 3.8) is 0 Å². The summed E-state index contributed by atoms with van der Waals surface area (Å²) in [4.78, 5) is 2.02. The zero-order chi connectivity index (χ0) is 15.5. The van der Waals surface area contributed by atoms with Crippen LogP contribution >= 0.6 is 11.3 Å². The summed E-state index contributed by atoms with van der Waals surface area (Å²) >= 11 is 1.45. The third kappa shape index (κ3) is 4.38. The van der Waals surface area contributed by atoms with Crippen LogP contribution in [0.4, 0.5) is 0 Å². The van der Waals surface area contributed by atoms with E-state index in [0.717, 1.165) is 15.3 Å². The van der Waals surface area contributed by atoms with Crippen molar-refractivity contribution in [3.05, 3.63) is 51.7 Å². The van der Waals surface area contributed by atoms with Gasteiger partial charge in [-0.25, -0.2) is 13.1 Å². The molecule has 2 aromatic rings. The first-order chi connectivity index (χ1) is 9.88. The number of hydrogen-bond acceptors (Lipinski definition) is 4. The van der Waals surface area contributed by atoms with Gasteiger partial charge in [0.15, 0.2) is 0 Å². The van der Waals surface area contributed by atoms with Crippen LogP contribution in [-0.2, 0) is 16.4 Å². The number of aliphatic hydroxyl groups is 1. The van der Waals surface area contributed by atoms with E-state index in [-0.39, 0.29) is 6.54 Å². The first-order valence-electron chi connectivity index (χ1n) is 6.67. The summed E-state index contributed by atoms with van der Waals surface area (Å²) in [6.07, 6.45) is -0.326. The SMILES string of the molecule is Cc1cc(S(=O)(=O)NCC(O)Cc2ccccc2)c(C)s1. The Hall–Kier alpha value is -1.21. The lowest BCUT2D eigenvalue weighted by Crippen LogP contribution is -2.33. The fourth-order valence-electron chi connectivity index (χ4n) is 2.12. The third-order valence-corrected chi connectivity index (χ3v) is 5.75. The molecule has 0 saturated carbocycles. The average Bonchev–Trinajstić information content (AvgIpc) is 2.78. The Morgan fingerprint density at radius 1 is 1.24 bits per heavy atom. The molecule has 0 radical (unpaired) electrons. The largest absolute Gasteiger partial charge is 0.391 e. The minimum absolute atomic E-state index is 0.00552. The van der Waals surface area contributed by atoms with Gasteiger partial charge in [-0.2, -0.15) is 0 Å². The molecule has 0 saturated heterocycles. The van der Waals surface area contributed by atoms with E-state index in [1.807, 2.05) is 37.3 Å². The van der Waals surface area contributed by atoms with Crippen LogP contribution in [0.5, 0.6) is 0 Å². The minimum atomic E-state index is -3.56. The maximum atomic E-state index is 12.2. The van der Waals surface area contributed by atoms with E-state index in [1.54, 1.807) is 13.0 Å². The van der Waals surface area contributed by atoms with Gasteiger partial charge in [-0.3, -0.25) is 0 Å². The Kier molecular flexibility index (Phi) is 5.16. The Balaban J connectivity index is 1.97. The molecule has 0 aliphatic heterocycles. The maximum Gasteiger partial charge on any atom is 0.241 e. The molecule has 0 spiro atoms. The lowest BCUT2D eigenvalue weighted by Gasteiger charge is -2.12. The topological polar surface area (TPSA) is 66.4 Å². The molecule has 1 aromatic carbocycles. The summed E-state index contributed by atoms with van der Waals surface area (Å²) in [6.45, 7) is 3.67. The fraction of sp³-hybridized carbons (Fsp3) is 0.333. The molecule has 0 amide bonds. The standard InChI is InChI=1S/C15H19NO3S2/c1-11-8-15(12(2)20-11)21(18,19)16-10-14(17)9-13-6-4-3-5-7-13/h3-8,14,16-17H,9-10H2,1-2H3. The van der Waals surface area contributed by atoms with Crippen molar-refractivity contribution < 1.29 is 13.5 Å². The summed E-state index contributed by atoms with van der Waals surface area (Å²) in [6, 6.07) is 11.2. The Morgan fingerprint density at radius 3 is 2.48 bits per heavy atom. The number of nitrogens with one attached hydrogen (secondary N) is 1. The van der Waals surface area contributed by atoms with E-state index >= 15 is 0 Å². The highest BCUT2D eigenvalue weighted by Crippen LogP contribution is 2.24. The van der Waals surface area contributed by atoms with Crippen molar-refractivity contribution >= 4 is 21.4 Å². The fourth-order valence-corrected chi connectivity index (χ4v) is 4.74. The molecule has 1 aromatic heterocycles. The normalized spacial score (nSPS) is 13.3. The van der Waals surface area contributed by atoms with Gasteiger partial charge in [0.25, 0.3) is 0 Å². The molecule has 114 valence electrons. The smallest absolute Gasteiger partial charge is 0.241 e. The molecule has 0 bridgehead atoms. The average molecular weight is 325 g/mol. The molecular formula is C15H19NO3S2. The minimum Gasteiger partial charge on any atom is -0.391 e. The molecule has 4 nitrogen and oxygen atoms in total. The van der Waals surface area contributed by atoms with Gasteiger partial charge in [-0.05, 0) is 31.9 Å². The predicted octanol–water partition coefficient (Wildman–Crippen LogP) is 2.25. The van der Waals surface area contributed by atoms with Crippen LogP contribution in [-0.4, -0.2) is 26.2 Å². The lowest BCUT2D eigenvalue weighted by molar-refractivity contribution is 0.179. The van der Waals surface area contributed by atoms with Crippen LogP contribution < -0.4 is 4.72 Å². The zero-order valence-corrected chi connectivity index (χ0v) is 13.7. The van der Waals surface area contributed by atoms with Gasteiger partial charge in [-0.15, -0.1) is 11.3 Å². The second-order valence-electron chi connectivity index (χ2n) is 4.97. The lowest BCUT2D eigenvalue weighted by atomic mass is 10.1. The van der Waals surface area contributed by atoms with Crippen molar-refractivity contribution in [1.29, 1.82) is 0 Å². The molecular weight excluding hydrogens is 306 g/mol. The molecule has 1 heterocycles. The van der Waals surface area contributed by atoms with E-state index in [0.29, 0.717) is 11.3 Å². The van der Waals surface area contributed by atoms with Crippen molar-refractivity contribution in [2.45, 2.75) is 31.3 Å². The first-order valence-corrected chi connectivity index (χ1v) is 8.97. The van der Waals surface area contributed by atoms with E-state index in [4.69, 9.17) is 0 Å². The van der Waals surface area contributed by atoms with Gasteiger partial charge in [0, 0.05) is 16.3 Å². The van der Waals surface area contributed by atoms with Crippen LogP contribution in [0.25, 0.3) is 0 Å². The number of sulfonamides is 1. The molecule has 0 aliphatic carbocycles. The van der Waals surface area contributed by atoms with Crippen LogP contribution in [0.3, 0.4) is 0 Å². The zero-order valence-electron chi connectivity index (χ0n) is 12.0. The molecule has 1 atom stereocenters. The number of thiophene rings is 1. The predicted molar refractivity (Wildman–Crippen MR) is 85.1 cm³/mol. The van der Waals surface area contributed by atoms with E-state index in [2.05, 4.69) is 4.72 Å². The van der Waals surface area contributed by atoms with Crippen LogP contribution in [0, 0.1) is 13.8 Å². The Bertz CT molecular complexity index is 693. The van der Waals surface area contributed by atoms with Crippen LogP contribution in [0.1, 0.15) is 15.3 Å². The van der Waals surface area contributed by atoms with Crippen LogP contribution in [0.15, 0.2) is 41.3 Å². The summed E-state index contributed by atoms with van der Waals surface area (Å²) in [5.74, 6) is 0. The highest BCUT2D eigenvalue weighted by atomic mass is 32.2. The molecule has 0 fully saturated rings. The molecule has 2 rings (SSSR count). The second-order valence-corrected chi connectivity index (χ2v) is 8.17. The summed E-state index contributed by atoms with van der Waals surface area (Å²) in [5.41, 5.74) is 0.978. The van der Waals surface area contributed by atoms with Crippen molar-refractivity contribution in [3.8, 4) is 0 Å². The summed E-state index contributed by atoms with van der Waals surface area (Å²) < 4.78 is 26.9. The van der Waals surface area contributed by atoms with Gasteiger partial charge in [0.05, 0.1) is 11.0 Å². The van der Waals surface area contributed by atoms with Gasteiger partial charge >= 0.3 is 0 Å². The Labute approximate surface area is 129 Å². The number of aryl methyl sites for hydroxylation is 2. The first kappa shape index (κ1) is 16.2. The number of rotatable bonds is 6. The summed E-state index contributed by atoms with van der Waals surface area (Å²) in [7, 11) is -3.56. The maximum absolute atomic E-state index is 12.2. The molecule has 0 aliphatic rings. The Morgan fingerprint density at radius 2 is 1.90 bits per heavy atom. The number of benzene rings is 1. The third-order valence-electron chi connectivity index (χ3n) is 3.11. The van der Waals surface area contributed by atoms with E-state index in [1.165, 1.54) is 11.3 Å². The van der Waals surface area contributed by atoms with Gasteiger partial charge in [0.2, 0.25) is 10.0 Å². The molecule has 6 heteroatoms. The van der Waals surface area contributed by atoms with Crippen molar-refractivity contribution in [2.24, 2.45) is 0 Å². The number of aliphatic hydroxyl groups excluding tert-OH is 1. The van der Waals surface area contributed by atoms with Gasteiger partial charge in [-0.1, -0.05) is 30.3 Å². The van der Waals surface area contributed by atoms with Crippen molar-refractivity contribution in [1.82, 2.24) is 4.72 Å². The van der Waals surface area contributed by atoms with Gasteiger partial charge < -0.3 is 5.11 Å².